The Morgan fingerprint density at radius 1 is 0.472 bits per heavy atom. The largest absolute Gasteiger partial charge is 3.00 e. The molecule has 0 aliphatic heterocycles. The number of rotatable bonds is 0. The molecule has 0 spiro atoms. The fraction of sp³-hybridized carbons (Fsp3) is 0.122. The maximum Gasteiger partial charge on any atom is 3.00 e. The molecular formula is C41H42F3IO3SSi2Zr2. The van der Waals surface area contributed by atoms with Crippen LogP contribution >= 0.6 is 0 Å². The molecule has 0 unspecified atom stereocenters. The van der Waals surface area contributed by atoms with E-state index in [-0.39, 0.29) is 76.4 Å². The standard InChI is InChI=1S/4C9H7.2C2H7Si.CHF3O3S.HI.2Zr/c4*1-2-5-9-7-3-6-8(9)4-1;2*1-3-2;2-1(3,4)8(5,6)7;;;/h4*1-7H;2*3H,1-2H3;(H,5,6,7);1H;;/q4*-1;;;;;2*+3/p-2. The second kappa shape index (κ2) is 29.3. The molecule has 0 fully saturated rings. The molecule has 0 bridgehead atoms. The van der Waals surface area contributed by atoms with Crippen LogP contribution in [-0.4, -0.2) is 37.5 Å². The summed E-state index contributed by atoms with van der Waals surface area (Å²) in [4.78, 5) is 0. The number of hydrogen-bond acceptors (Lipinski definition) is 3. The molecule has 0 aliphatic carbocycles. The van der Waals surface area contributed by atoms with E-state index in [2.05, 4.69) is 196 Å². The Labute approximate surface area is 372 Å². The molecule has 0 heterocycles. The first kappa shape index (κ1) is 53.1. The summed E-state index contributed by atoms with van der Waals surface area (Å²) in [6, 6.07) is 58.7. The molecule has 0 N–H and O–H groups in total. The summed E-state index contributed by atoms with van der Waals surface area (Å²) >= 11 is 0. The van der Waals surface area contributed by atoms with E-state index in [4.69, 9.17) is 13.0 Å². The summed E-state index contributed by atoms with van der Waals surface area (Å²) in [6.45, 7) is 8.83. The summed E-state index contributed by atoms with van der Waals surface area (Å²) < 4.78 is 58.9. The normalized spacial score (nSPS) is 9.74. The Bertz CT molecular complexity index is 1790. The third-order valence-electron chi connectivity index (χ3n) is 6.47. The minimum atomic E-state index is -6.09. The Balaban J connectivity index is 0. The predicted molar refractivity (Wildman–Crippen MR) is 212 cm³/mol. The zero-order chi connectivity index (χ0) is 36.8. The van der Waals surface area contributed by atoms with Crippen molar-refractivity contribution in [3.05, 3.63) is 170 Å². The van der Waals surface area contributed by atoms with Crippen LogP contribution in [0.2, 0.25) is 26.2 Å². The van der Waals surface area contributed by atoms with Gasteiger partial charge in [0.15, 0.2) is 10.1 Å². The molecule has 3 nitrogen and oxygen atoms in total. The fourth-order valence-corrected chi connectivity index (χ4v) is 4.28. The third-order valence-corrected chi connectivity index (χ3v) is 7.04. The molecule has 4 radical (unpaired) electrons. The SMILES string of the molecule is C[SiH]C.C[SiH]C.O=S(=O)([O-])C(F)(F)F.[I-].[Zr+3].[Zr+3].c1ccc2[cH-]ccc2c1.c1ccc2[cH-]ccc2c1.c1ccc2[cH-]ccc2c1.c1ccc2[cH-]ccc2c1. The van der Waals surface area contributed by atoms with Crippen LogP contribution in [0.5, 0.6) is 0 Å². The molecular weight excluding hydrogens is 995 g/mol. The van der Waals surface area contributed by atoms with Crippen LogP contribution in [0, 0.1) is 0 Å². The van der Waals surface area contributed by atoms with E-state index < -0.39 is 15.6 Å². The van der Waals surface area contributed by atoms with E-state index in [1.54, 1.807) is 0 Å². The van der Waals surface area contributed by atoms with Crippen LogP contribution in [0.25, 0.3) is 43.1 Å². The molecule has 0 saturated heterocycles. The second-order valence-corrected chi connectivity index (χ2v) is 14.4. The number of hydrogen-bond donors (Lipinski definition) is 0. The van der Waals surface area contributed by atoms with Crippen molar-refractivity contribution in [2.75, 3.05) is 0 Å². The van der Waals surface area contributed by atoms with Gasteiger partial charge in [-0.2, -0.15) is 83.2 Å². The Kier molecular flexibility index (Phi) is 29.3. The van der Waals surface area contributed by atoms with Gasteiger partial charge in [-0.1, -0.05) is 50.5 Å². The molecule has 0 aromatic heterocycles. The van der Waals surface area contributed by atoms with E-state index in [9.17, 15) is 13.2 Å². The zero-order valence-corrected chi connectivity index (χ0v) is 40.2. The topological polar surface area (TPSA) is 57.2 Å². The van der Waals surface area contributed by atoms with Crippen LogP contribution in [0.4, 0.5) is 13.2 Å². The first-order valence-electron chi connectivity index (χ1n) is 15.9. The maximum atomic E-state index is 10.7. The van der Waals surface area contributed by atoms with Gasteiger partial charge in [0.1, 0.15) is 0 Å². The van der Waals surface area contributed by atoms with Gasteiger partial charge >= 0.3 is 57.9 Å². The molecule has 0 atom stereocenters. The average Bonchev–Trinajstić information content (AvgIpc) is 3.92. The van der Waals surface area contributed by atoms with Crippen molar-refractivity contribution >= 4 is 72.2 Å². The van der Waals surface area contributed by atoms with Crippen molar-refractivity contribution < 1.29 is 103 Å². The quantitative estimate of drug-likeness (QED) is 0.0506. The number of alkyl halides is 3. The minimum absolute atomic E-state index is 0. The van der Waals surface area contributed by atoms with Crippen molar-refractivity contribution in [1.82, 2.24) is 0 Å². The Morgan fingerprint density at radius 2 is 0.642 bits per heavy atom. The zero-order valence-electron chi connectivity index (χ0n) is 30.0. The molecule has 8 aromatic rings. The van der Waals surface area contributed by atoms with Crippen molar-refractivity contribution in [1.29, 1.82) is 0 Å². The average molecular weight is 1040 g/mol. The molecule has 274 valence electrons. The van der Waals surface area contributed by atoms with Gasteiger partial charge in [0, 0.05) is 19.0 Å². The van der Waals surface area contributed by atoms with Gasteiger partial charge in [-0.05, 0) is 0 Å². The van der Waals surface area contributed by atoms with E-state index >= 15 is 0 Å². The van der Waals surface area contributed by atoms with Gasteiger partial charge in [0.25, 0.3) is 0 Å². The van der Waals surface area contributed by atoms with E-state index in [1.165, 1.54) is 43.1 Å². The van der Waals surface area contributed by atoms with Gasteiger partial charge < -0.3 is 28.5 Å². The van der Waals surface area contributed by atoms with Crippen LogP contribution in [0.1, 0.15) is 0 Å². The van der Waals surface area contributed by atoms with E-state index in [0.29, 0.717) is 0 Å². The molecule has 8 aromatic carbocycles. The summed E-state index contributed by atoms with van der Waals surface area (Å²) in [5, 5.41) is 10.6. The molecule has 53 heavy (non-hydrogen) atoms. The minimum Gasteiger partial charge on any atom is -1.00 e. The van der Waals surface area contributed by atoms with Crippen LogP contribution < -0.4 is 24.0 Å². The van der Waals surface area contributed by atoms with Crippen molar-refractivity contribution in [2.24, 2.45) is 0 Å². The number of benzene rings is 4. The maximum absolute atomic E-state index is 10.7. The molecule has 0 amide bonds. The van der Waals surface area contributed by atoms with Crippen LogP contribution in [-0.2, 0) is 62.5 Å². The summed E-state index contributed by atoms with van der Waals surface area (Å²) in [7, 11) is -4.59. The van der Waals surface area contributed by atoms with E-state index in [1.807, 2.05) is 0 Å². The predicted octanol–water partition coefficient (Wildman–Crippen LogP) is 8.32. The monoisotopic (exact) mass is 1030 g/mol. The van der Waals surface area contributed by atoms with Crippen LogP contribution in [0.15, 0.2) is 170 Å². The Hall–Kier alpha value is -2.05. The first-order valence-corrected chi connectivity index (χ1v) is 21.9. The van der Waals surface area contributed by atoms with Gasteiger partial charge in [-0.25, -0.2) is 8.42 Å². The molecule has 0 saturated carbocycles. The summed E-state index contributed by atoms with van der Waals surface area (Å²) in [5.74, 6) is 0. The van der Waals surface area contributed by atoms with Crippen molar-refractivity contribution in [3.63, 3.8) is 0 Å². The van der Waals surface area contributed by atoms with Crippen LogP contribution in [0.3, 0.4) is 0 Å². The third kappa shape index (κ3) is 20.4. The Morgan fingerprint density at radius 3 is 0.792 bits per heavy atom. The van der Waals surface area contributed by atoms with E-state index in [0.717, 1.165) is 19.0 Å². The fourth-order valence-electron chi connectivity index (χ4n) is 4.28. The molecule has 8 rings (SSSR count). The first-order chi connectivity index (χ1) is 23.9. The number of fused-ring (bicyclic) bond motifs is 4. The van der Waals surface area contributed by atoms with Gasteiger partial charge in [0.2, 0.25) is 0 Å². The second-order valence-electron chi connectivity index (χ2n) is 10.7. The summed E-state index contributed by atoms with van der Waals surface area (Å²) in [5.41, 5.74) is -5.65. The smallest absolute Gasteiger partial charge is 1.00 e. The van der Waals surface area contributed by atoms with Crippen molar-refractivity contribution in [3.8, 4) is 0 Å². The van der Waals surface area contributed by atoms with Gasteiger partial charge in [-0.15, -0.1) is 119 Å². The molecule has 0 aliphatic rings. The summed E-state index contributed by atoms with van der Waals surface area (Å²) in [6.07, 6.45) is 0. The van der Waals surface area contributed by atoms with Crippen molar-refractivity contribution in [2.45, 2.75) is 31.7 Å². The number of halogens is 4. The van der Waals surface area contributed by atoms with Gasteiger partial charge in [0.05, 0.1) is 0 Å². The van der Waals surface area contributed by atoms with Gasteiger partial charge in [-0.3, -0.25) is 0 Å². The molecule has 12 heteroatoms.